The lowest BCUT2D eigenvalue weighted by atomic mass is 9.85. The summed E-state index contributed by atoms with van der Waals surface area (Å²) in [6.45, 7) is 10.7. The highest BCUT2D eigenvalue weighted by Crippen LogP contribution is 2.28. The Morgan fingerprint density at radius 2 is 1.00 bits per heavy atom. The predicted molar refractivity (Wildman–Crippen MR) is 226 cm³/mol. The molecule has 7 heteroatoms. The summed E-state index contributed by atoms with van der Waals surface area (Å²) in [6, 6.07) is 0. The number of unbranched alkanes of at least 4 members (excludes halogenated alkanes) is 23. The third kappa shape index (κ3) is 33.3. The molecular formula is C45H93NO5Si. The van der Waals surface area contributed by atoms with Crippen molar-refractivity contribution in [1.82, 2.24) is 4.90 Å². The minimum atomic E-state index is -2.28. The van der Waals surface area contributed by atoms with Crippen molar-refractivity contribution in [1.29, 1.82) is 0 Å². The summed E-state index contributed by atoms with van der Waals surface area (Å²) >= 11 is 0. The highest BCUT2D eigenvalue weighted by Gasteiger charge is 2.29. The molecule has 0 aliphatic heterocycles. The minimum Gasteiger partial charge on any atom is -0.395 e. The molecule has 1 aliphatic rings. The zero-order valence-corrected chi connectivity index (χ0v) is 36.5. The molecule has 1 rings (SSSR count). The van der Waals surface area contributed by atoms with Crippen LogP contribution < -0.4 is 0 Å². The zero-order valence-electron chi connectivity index (χ0n) is 35.5. The van der Waals surface area contributed by atoms with Crippen molar-refractivity contribution in [3.63, 3.8) is 0 Å². The fourth-order valence-electron chi connectivity index (χ4n) is 8.05. The first kappa shape index (κ1) is 50.0. The molecule has 0 aromatic rings. The van der Waals surface area contributed by atoms with Gasteiger partial charge in [-0.05, 0) is 57.7 Å². The van der Waals surface area contributed by atoms with Crippen LogP contribution in [0.5, 0.6) is 0 Å². The summed E-state index contributed by atoms with van der Waals surface area (Å²) in [7, 11) is -2.28. The van der Waals surface area contributed by atoms with E-state index < -0.39 is 8.56 Å². The van der Waals surface area contributed by atoms with Crippen molar-refractivity contribution < 1.29 is 23.8 Å². The molecule has 1 fully saturated rings. The lowest BCUT2D eigenvalue weighted by Gasteiger charge is -2.29. The maximum atomic E-state index is 9.21. The summed E-state index contributed by atoms with van der Waals surface area (Å²) in [5.41, 5.74) is 0. The Hall–Kier alpha value is -0.0231. The van der Waals surface area contributed by atoms with Crippen molar-refractivity contribution >= 4 is 8.56 Å². The molecule has 0 amide bonds. The van der Waals surface area contributed by atoms with Crippen LogP contribution >= 0.6 is 0 Å². The molecule has 52 heavy (non-hydrogen) atoms. The Morgan fingerprint density at radius 3 is 1.54 bits per heavy atom. The van der Waals surface area contributed by atoms with E-state index in [4.69, 9.17) is 13.6 Å². The van der Waals surface area contributed by atoms with E-state index >= 15 is 0 Å². The average Bonchev–Trinajstić information content (AvgIpc) is 3.13. The van der Waals surface area contributed by atoms with Gasteiger partial charge in [0.2, 0.25) is 0 Å². The smallest absolute Gasteiger partial charge is 0.333 e. The van der Waals surface area contributed by atoms with Crippen LogP contribution in [0.3, 0.4) is 0 Å². The first-order valence-corrected chi connectivity index (χ1v) is 26.2. The van der Waals surface area contributed by atoms with E-state index in [0.717, 1.165) is 64.2 Å². The van der Waals surface area contributed by atoms with Crippen LogP contribution in [0.1, 0.15) is 219 Å². The molecule has 0 heterocycles. The number of hydrogen-bond donors (Lipinski definition) is 2. The maximum absolute atomic E-state index is 9.21. The summed E-state index contributed by atoms with van der Waals surface area (Å²) < 4.78 is 19.4. The minimum absolute atomic E-state index is 0.132. The highest BCUT2D eigenvalue weighted by molar-refractivity contribution is 6.64. The van der Waals surface area contributed by atoms with E-state index in [2.05, 4.69) is 24.9 Å². The van der Waals surface area contributed by atoms with E-state index in [-0.39, 0.29) is 19.5 Å². The fraction of sp³-hybridized carbons (Fsp3) is 1.00. The van der Waals surface area contributed by atoms with Gasteiger partial charge in [0.05, 0.1) is 13.2 Å². The Bertz CT molecular complexity index is 701. The summed E-state index contributed by atoms with van der Waals surface area (Å²) in [4.78, 5) is 2.14. The van der Waals surface area contributed by atoms with Crippen LogP contribution in [-0.4, -0.2) is 76.0 Å². The van der Waals surface area contributed by atoms with Gasteiger partial charge in [-0.15, -0.1) is 0 Å². The van der Waals surface area contributed by atoms with E-state index in [1.54, 1.807) is 0 Å². The van der Waals surface area contributed by atoms with Crippen molar-refractivity contribution in [2.75, 3.05) is 46.1 Å². The predicted octanol–water partition coefficient (Wildman–Crippen LogP) is 12.9. The summed E-state index contributed by atoms with van der Waals surface area (Å²) in [6.07, 6.45) is 44.3. The first-order chi connectivity index (χ1) is 25.5. The Morgan fingerprint density at radius 1 is 0.538 bits per heavy atom. The molecule has 1 aliphatic carbocycles. The molecule has 1 saturated carbocycles. The van der Waals surface area contributed by atoms with Crippen LogP contribution in [-0.2, 0) is 13.6 Å². The number of aliphatic hydroxyl groups excluding tert-OH is 2. The highest BCUT2D eigenvalue weighted by atomic mass is 28.4. The topological polar surface area (TPSA) is 71.4 Å². The van der Waals surface area contributed by atoms with E-state index in [9.17, 15) is 10.2 Å². The monoisotopic (exact) mass is 756 g/mol. The second kappa shape index (κ2) is 37.9. The molecule has 0 bridgehead atoms. The number of hydrogen-bond acceptors (Lipinski definition) is 6. The van der Waals surface area contributed by atoms with E-state index in [0.29, 0.717) is 13.1 Å². The fourth-order valence-corrected chi connectivity index (χ4v) is 9.57. The molecular weight excluding hydrogens is 663 g/mol. The lowest BCUT2D eigenvalue weighted by molar-refractivity contribution is -0.104. The quantitative estimate of drug-likeness (QED) is 0.0368. The van der Waals surface area contributed by atoms with Crippen LogP contribution in [0.2, 0.25) is 13.1 Å². The molecule has 1 atom stereocenters. The van der Waals surface area contributed by atoms with Crippen molar-refractivity contribution in [3.8, 4) is 0 Å². The van der Waals surface area contributed by atoms with Gasteiger partial charge in [0.1, 0.15) is 6.29 Å². The molecule has 1 unspecified atom stereocenters. The molecule has 0 radical (unpaired) electrons. The maximum Gasteiger partial charge on any atom is 0.333 e. The SMILES string of the molecule is CCCCCCCCCCCCCCCC(OCCCCCCCCCCCC1CCCCC1)O[Si](C)(C)OCCCCCCN(CCO)CCO. The molecule has 0 aromatic heterocycles. The van der Waals surface area contributed by atoms with Crippen LogP contribution in [0.25, 0.3) is 0 Å². The third-order valence-electron chi connectivity index (χ3n) is 11.4. The number of aliphatic hydroxyl groups is 2. The van der Waals surface area contributed by atoms with E-state index in [1.807, 2.05) is 0 Å². The largest absolute Gasteiger partial charge is 0.395 e. The lowest BCUT2D eigenvalue weighted by Crippen LogP contribution is -2.40. The van der Waals surface area contributed by atoms with Gasteiger partial charge in [0.25, 0.3) is 0 Å². The number of rotatable bonds is 41. The standard InChI is InChI=1S/C45H93NO5Si/c1-4-5-6-7-8-9-10-11-12-15-18-21-29-36-45(51-52(2,3)50-43-32-24-22-30-37-46(38-40-47)39-41-48)49-42-31-23-19-16-13-14-17-20-26-33-44-34-27-25-28-35-44/h44-45,47-48H,4-43H2,1-3H3. The van der Waals surface area contributed by atoms with Crippen molar-refractivity contribution in [3.05, 3.63) is 0 Å². The second-order valence-electron chi connectivity index (χ2n) is 16.9. The van der Waals surface area contributed by atoms with E-state index in [1.165, 1.54) is 173 Å². The van der Waals surface area contributed by atoms with Gasteiger partial charge >= 0.3 is 8.56 Å². The number of nitrogens with zero attached hydrogens (tertiary/aromatic N) is 1. The van der Waals surface area contributed by atoms with Gasteiger partial charge in [0, 0.05) is 26.3 Å². The van der Waals surface area contributed by atoms with Gasteiger partial charge in [0.15, 0.2) is 0 Å². The van der Waals surface area contributed by atoms with Crippen LogP contribution in [0.4, 0.5) is 0 Å². The van der Waals surface area contributed by atoms with Gasteiger partial charge in [-0.1, -0.05) is 187 Å². The van der Waals surface area contributed by atoms with Gasteiger partial charge < -0.3 is 23.8 Å². The average molecular weight is 756 g/mol. The van der Waals surface area contributed by atoms with Crippen LogP contribution in [0, 0.1) is 5.92 Å². The van der Waals surface area contributed by atoms with Crippen molar-refractivity contribution in [2.45, 2.75) is 238 Å². The molecule has 6 nitrogen and oxygen atoms in total. The number of ether oxygens (including phenoxy) is 1. The van der Waals surface area contributed by atoms with Gasteiger partial charge in [-0.25, -0.2) is 0 Å². The zero-order chi connectivity index (χ0) is 37.6. The summed E-state index contributed by atoms with van der Waals surface area (Å²) in [5, 5.41) is 18.4. The van der Waals surface area contributed by atoms with Crippen molar-refractivity contribution in [2.24, 2.45) is 5.92 Å². The van der Waals surface area contributed by atoms with Gasteiger partial charge in [-0.2, -0.15) is 0 Å². The second-order valence-corrected chi connectivity index (χ2v) is 20.2. The molecule has 312 valence electrons. The first-order valence-electron chi connectivity index (χ1n) is 23.4. The summed E-state index contributed by atoms with van der Waals surface area (Å²) in [5.74, 6) is 1.05. The third-order valence-corrected chi connectivity index (χ3v) is 13.1. The normalized spacial score (nSPS) is 14.9. The Labute approximate surface area is 326 Å². The Balaban J connectivity index is 2.24. The molecule has 0 saturated heterocycles. The van der Waals surface area contributed by atoms with Gasteiger partial charge in [-0.3, -0.25) is 4.90 Å². The molecule has 0 spiro atoms. The molecule has 2 N–H and O–H groups in total. The Kier molecular flexibility index (Phi) is 36.4. The molecule has 0 aromatic carbocycles. The van der Waals surface area contributed by atoms with Crippen LogP contribution in [0.15, 0.2) is 0 Å².